The first-order chi connectivity index (χ1) is 9.65. The zero-order valence-corrected chi connectivity index (χ0v) is 10.6. The van der Waals surface area contributed by atoms with E-state index in [1.54, 1.807) is 24.3 Å². The lowest BCUT2D eigenvalue weighted by Crippen LogP contribution is -2.04. The molecule has 0 saturated carbocycles. The molecule has 0 atom stereocenters. The van der Waals surface area contributed by atoms with Crippen LogP contribution in [0.2, 0.25) is 0 Å². The number of methoxy groups -OCH3 is 1. The number of hydrogen-bond donors (Lipinski definition) is 2. The lowest BCUT2D eigenvalue weighted by atomic mass is 10.2. The van der Waals surface area contributed by atoms with Gasteiger partial charge in [0.25, 0.3) is 0 Å². The van der Waals surface area contributed by atoms with Crippen molar-refractivity contribution in [3.8, 4) is 11.8 Å². The van der Waals surface area contributed by atoms with Gasteiger partial charge in [-0.1, -0.05) is 0 Å². The van der Waals surface area contributed by atoms with Crippen molar-refractivity contribution in [2.75, 3.05) is 12.4 Å². The van der Waals surface area contributed by atoms with Gasteiger partial charge in [0.05, 0.1) is 30.1 Å². The van der Waals surface area contributed by atoms with E-state index in [9.17, 15) is 4.79 Å². The normalized spacial score (nSPS) is 9.60. The van der Waals surface area contributed by atoms with Crippen LogP contribution in [0.1, 0.15) is 15.9 Å². The number of hydrogen-bond acceptors (Lipinski definition) is 5. The van der Waals surface area contributed by atoms with E-state index >= 15 is 0 Å². The van der Waals surface area contributed by atoms with Crippen LogP contribution >= 0.6 is 0 Å². The number of ether oxygens (including phenoxy) is 1. The molecule has 2 aromatic rings. The number of carboxylic acids is 1. The van der Waals surface area contributed by atoms with Crippen molar-refractivity contribution in [1.82, 2.24) is 4.98 Å². The Kier molecular flexibility index (Phi) is 3.82. The summed E-state index contributed by atoms with van der Waals surface area (Å²) in [5.74, 6) is -0.620. The summed E-state index contributed by atoms with van der Waals surface area (Å²) in [6, 6.07) is 8.41. The number of rotatable bonds is 4. The van der Waals surface area contributed by atoms with Crippen LogP contribution in [-0.4, -0.2) is 23.2 Å². The van der Waals surface area contributed by atoms with Gasteiger partial charge in [-0.05, 0) is 18.2 Å². The Bertz CT molecular complexity index is 692. The summed E-state index contributed by atoms with van der Waals surface area (Å²) in [6.45, 7) is 0. The Labute approximate surface area is 115 Å². The number of carbonyl (C=O) groups is 1. The summed E-state index contributed by atoms with van der Waals surface area (Å²) in [6.07, 6.45) is 2.76. The van der Waals surface area contributed by atoms with E-state index < -0.39 is 5.97 Å². The van der Waals surface area contributed by atoms with Gasteiger partial charge in [0.1, 0.15) is 11.3 Å². The molecule has 2 rings (SSSR count). The molecule has 0 bridgehead atoms. The van der Waals surface area contributed by atoms with Crippen molar-refractivity contribution in [2.45, 2.75) is 0 Å². The number of carboxylic acid groups (broad SMARTS) is 1. The topological polar surface area (TPSA) is 95.2 Å². The molecule has 20 heavy (non-hydrogen) atoms. The minimum atomic E-state index is -1.08. The lowest BCUT2D eigenvalue weighted by molar-refractivity contribution is 0.0697. The number of anilines is 2. The Morgan fingerprint density at radius 1 is 1.40 bits per heavy atom. The molecule has 6 heteroatoms. The number of nitrogens with zero attached hydrogens (tertiary/aromatic N) is 2. The molecule has 0 amide bonds. The zero-order chi connectivity index (χ0) is 14.5. The molecule has 6 nitrogen and oxygen atoms in total. The fourth-order valence-corrected chi connectivity index (χ4v) is 1.68. The molecule has 0 unspecified atom stereocenters. The van der Waals surface area contributed by atoms with E-state index in [1.165, 1.54) is 19.5 Å². The van der Waals surface area contributed by atoms with Crippen molar-refractivity contribution < 1.29 is 14.6 Å². The van der Waals surface area contributed by atoms with Crippen molar-refractivity contribution in [3.63, 3.8) is 0 Å². The van der Waals surface area contributed by atoms with Gasteiger partial charge in [-0.25, -0.2) is 4.79 Å². The molecule has 0 aliphatic heterocycles. The Morgan fingerprint density at radius 2 is 2.20 bits per heavy atom. The molecule has 0 aliphatic rings. The summed E-state index contributed by atoms with van der Waals surface area (Å²) >= 11 is 0. The van der Waals surface area contributed by atoms with Gasteiger partial charge in [0.2, 0.25) is 0 Å². The van der Waals surface area contributed by atoms with E-state index in [1.807, 2.05) is 6.07 Å². The number of aromatic nitrogens is 1. The standard InChI is InChI=1S/C14H11N3O3/c1-20-13-6-9(7-15)2-3-12(13)17-11-4-5-16-8-10(11)14(18)19/h2-6,8H,1H3,(H,16,17)(H,18,19). The SMILES string of the molecule is COc1cc(C#N)ccc1Nc1ccncc1C(=O)O. The van der Waals surface area contributed by atoms with Crippen LogP contribution < -0.4 is 10.1 Å². The van der Waals surface area contributed by atoms with Crippen molar-refractivity contribution in [3.05, 3.63) is 47.8 Å². The lowest BCUT2D eigenvalue weighted by Gasteiger charge is -2.12. The third kappa shape index (κ3) is 2.67. The number of aromatic carboxylic acids is 1. The average molecular weight is 269 g/mol. The van der Waals surface area contributed by atoms with Crippen LogP contribution in [-0.2, 0) is 0 Å². The first-order valence-corrected chi connectivity index (χ1v) is 5.68. The minimum Gasteiger partial charge on any atom is -0.495 e. The molecule has 1 aromatic carbocycles. The monoisotopic (exact) mass is 269 g/mol. The summed E-state index contributed by atoms with van der Waals surface area (Å²) in [5, 5.41) is 20.9. The van der Waals surface area contributed by atoms with Gasteiger partial charge in [-0.15, -0.1) is 0 Å². The quantitative estimate of drug-likeness (QED) is 0.884. The van der Waals surface area contributed by atoms with Crippen LogP contribution in [0.5, 0.6) is 5.75 Å². The largest absolute Gasteiger partial charge is 0.495 e. The maximum atomic E-state index is 11.1. The molecule has 0 aliphatic carbocycles. The van der Waals surface area contributed by atoms with E-state index in [0.717, 1.165) is 0 Å². The smallest absolute Gasteiger partial charge is 0.339 e. The second kappa shape index (κ2) is 5.71. The van der Waals surface area contributed by atoms with Gasteiger partial charge in [0.15, 0.2) is 0 Å². The summed E-state index contributed by atoms with van der Waals surface area (Å²) in [5.41, 5.74) is 1.48. The van der Waals surface area contributed by atoms with E-state index in [2.05, 4.69) is 10.3 Å². The van der Waals surface area contributed by atoms with Crippen LogP contribution in [0.3, 0.4) is 0 Å². The molecule has 1 heterocycles. The van der Waals surface area contributed by atoms with Crippen LogP contribution in [0.4, 0.5) is 11.4 Å². The average Bonchev–Trinajstić information content (AvgIpc) is 2.48. The highest BCUT2D eigenvalue weighted by Crippen LogP contribution is 2.29. The number of benzene rings is 1. The molecular formula is C14H11N3O3. The first kappa shape index (κ1) is 13.4. The Morgan fingerprint density at radius 3 is 2.85 bits per heavy atom. The molecule has 2 N–H and O–H groups in total. The Hall–Kier alpha value is -3.07. The molecular weight excluding hydrogens is 258 g/mol. The molecule has 100 valence electrons. The van der Waals surface area contributed by atoms with Crippen molar-refractivity contribution in [1.29, 1.82) is 5.26 Å². The third-order valence-corrected chi connectivity index (χ3v) is 2.65. The number of nitrogens with one attached hydrogen (secondary N) is 1. The first-order valence-electron chi connectivity index (χ1n) is 5.68. The maximum absolute atomic E-state index is 11.1. The highest BCUT2D eigenvalue weighted by atomic mass is 16.5. The summed E-state index contributed by atoms with van der Waals surface area (Å²) in [4.78, 5) is 14.9. The van der Waals surface area contributed by atoms with Gasteiger partial charge >= 0.3 is 5.97 Å². The van der Waals surface area contributed by atoms with Gasteiger partial charge < -0.3 is 15.2 Å². The third-order valence-electron chi connectivity index (χ3n) is 2.65. The predicted molar refractivity (Wildman–Crippen MR) is 72.2 cm³/mol. The van der Waals surface area contributed by atoms with E-state index in [4.69, 9.17) is 15.1 Å². The van der Waals surface area contributed by atoms with Crippen molar-refractivity contribution in [2.24, 2.45) is 0 Å². The predicted octanol–water partition coefficient (Wildman–Crippen LogP) is 2.40. The van der Waals surface area contributed by atoms with Crippen LogP contribution in [0, 0.1) is 11.3 Å². The fourth-order valence-electron chi connectivity index (χ4n) is 1.68. The molecule has 0 spiro atoms. The van der Waals surface area contributed by atoms with Crippen LogP contribution in [0.25, 0.3) is 0 Å². The van der Waals surface area contributed by atoms with Gasteiger partial charge in [0, 0.05) is 18.5 Å². The molecule has 0 saturated heterocycles. The maximum Gasteiger partial charge on any atom is 0.339 e. The fraction of sp³-hybridized carbons (Fsp3) is 0.0714. The minimum absolute atomic E-state index is 0.0545. The van der Waals surface area contributed by atoms with Gasteiger partial charge in [-0.3, -0.25) is 4.98 Å². The van der Waals surface area contributed by atoms with Crippen molar-refractivity contribution >= 4 is 17.3 Å². The van der Waals surface area contributed by atoms with E-state index in [-0.39, 0.29) is 5.56 Å². The highest BCUT2D eigenvalue weighted by molar-refractivity contribution is 5.95. The second-order valence-electron chi connectivity index (χ2n) is 3.88. The van der Waals surface area contributed by atoms with E-state index in [0.29, 0.717) is 22.7 Å². The molecule has 1 aromatic heterocycles. The summed E-state index contributed by atoms with van der Waals surface area (Å²) < 4.78 is 5.18. The second-order valence-corrected chi connectivity index (χ2v) is 3.88. The Balaban J connectivity index is 2.40. The highest BCUT2D eigenvalue weighted by Gasteiger charge is 2.12. The molecule has 0 radical (unpaired) electrons. The van der Waals surface area contributed by atoms with Gasteiger partial charge in [-0.2, -0.15) is 5.26 Å². The summed E-state index contributed by atoms with van der Waals surface area (Å²) in [7, 11) is 1.48. The van der Waals surface area contributed by atoms with Crippen LogP contribution in [0.15, 0.2) is 36.7 Å². The number of nitriles is 1. The number of pyridine rings is 1. The zero-order valence-electron chi connectivity index (χ0n) is 10.6. The molecule has 0 fully saturated rings.